The average molecular weight is 499 g/mol. The van der Waals surface area contributed by atoms with E-state index in [9.17, 15) is 19.5 Å². The van der Waals surface area contributed by atoms with Gasteiger partial charge in [0.25, 0.3) is 0 Å². The van der Waals surface area contributed by atoms with Crippen LogP contribution >= 0.6 is 0 Å². The molecule has 2 aromatic rings. The van der Waals surface area contributed by atoms with E-state index in [1.165, 1.54) is 40.4 Å². The topological polar surface area (TPSA) is 132 Å². The largest absolute Gasteiger partial charge is 0.493 e. The first kappa shape index (κ1) is 25.5. The minimum Gasteiger partial charge on any atom is -0.493 e. The first-order valence-corrected chi connectivity index (χ1v) is 11.7. The van der Waals surface area contributed by atoms with Crippen molar-refractivity contribution in [3.8, 4) is 28.4 Å². The summed E-state index contributed by atoms with van der Waals surface area (Å²) in [5, 5.41) is 16.3. The number of aryl methyl sites for hydroxylation is 1. The molecule has 2 aliphatic rings. The standard InChI is InChI=1S/C26H30N2O8/c1-13(29)28-18-6-5-14-9-20(33-2)24(34-3)25(35-4)22(14)16-10-17(26(31)32)23(19(30)11-15(16)18)21-12-27-7-8-36-21/h9-11,18,21,27H,5-8,12H2,1-4H3,(H,28,29)(H,31,32)/t18-,21?/m0/s1. The van der Waals surface area contributed by atoms with Crippen LogP contribution in [0.4, 0.5) is 0 Å². The molecule has 36 heavy (non-hydrogen) atoms. The third-order valence-electron chi connectivity index (χ3n) is 6.56. The molecule has 4 rings (SSSR count). The number of morpholine rings is 1. The number of aromatic carboxylic acids is 1. The number of rotatable bonds is 6. The Kier molecular flexibility index (Phi) is 7.46. The number of carboxylic acid groups (broad SMARTS) is 1. The van der Waals surface area contributed by atoms with Crippen molar-refractivity contribution >= 4 is 11.9 Å². The Labute approximate surface area is 208 Å². The molecule has 10 nitrogen and oxygen atoms in total. The first-order valence-electron chi connectivity index (χ1n) is 11.7. The van der Waals surface area contributed by atoms with Gasteiger partial charge >= 0.3 is 5.97 Å². The van der Waals surface area contributed by atoms with Crippen LogP contribution in [0.3, 0.4) is 0 Å². The van der Waals surface area contributed by atoms with Crippen molar-refractivity contribution in [2.45, 2.75) is 31.9 Å². The minimum absolute atomic E-state index is 0.0605. The number of nitrogens with one attached hydrogen (secondary N) is 2. The molecule has 2 aromatic carbocycles. The highest BCUT2D eigenvalue weighted by Gasteiger charge is 2.32. The third kappa shape index (κ3) is 4.61. The smallest absolute Gasteiger partial charge is 0.336 e. The van der Waals surface area contributed by atoms with E-state index in [-0.39, 0.29) is 17.0 Å². The summed E-state index contributed by atoms with van der Waals surface area (Å²) in [7, 11) is 4.49. The molecule has 1 unspecified atom stereocenters. The Morgan fingerprint density at radius 2 is 1.86 bits per heavy atom. The van der Waals surface area contributed by atoms with Crippen molar-refractivity contribution in [1.82, 2.24) is 10.6 Å². The van der Waals surface area contributed by atoms with Gasteiger partial charge in [0.15, 0.2) is 16.9 Å². The van der Waals surface area contributed by atoms with Crippen molar-refractivity contribution in [2.24, 2.45) is 0 Å². The number of methoxy groups -OCH3 is 3. The molecule has 192 valence electrons. The summed E-state index contributed by atoms with van der Waals surface area (Å²) in [6.07, 6.45) is 0.259. The maximum atomic E-state index is 13.6. The van der Waals surface area contributed by atoms with Crippen molar-refractivity contribution < 1.29 is 33.6 Å². The highest BCUT2D eigenvalue weighted by Crippen LogP contribution is 2.50. The lowest BCUT2D eigenvalue weighted by Crippen LogP contribution is -2.36. The van der Waals surface area contributed by atoms with E-state index in [1.807, 2.05) is 6.07 Å². The summed E-state index contributed by atoms with van der Waals surface area (Å²) < 4.78 is 22.7. The normalized spacial score (nSPS) is 18.8. The quantitative estimate of drug-likeness (QED) is 0.548. The molecule has 0 radical (unpaired) electrons. The zero-order valence-corrected chi connectivity index (χ0v) is 20.7. The molecule has 1 amide bonds. The Morgan fingerprint density at radius 1 is 1.11 bits per heavy atom. The predicted molar refractivity (Wildman–Crippen MR) is 131 cm³/mol. The van der Waals surface area contributed by atoms with Gasteiger partial charge in [0, 0.05) is 31.1 Å². The molecular formula is C26H30N2O8. The molecular weight excluding hydrogens is 468 g/mol. The zero-order valence-electron chi connectivity index (χ0n) is 20.7. The number of fused-ring (bicyclic) bond motifs is 3. The van der Waals surface area contributed by atoms with Crippen LogP contribution in [0.25, 0.3) is 11.1 Å². The fourth-order valence-electron chi connectivity index (χ4n) is 5.05. The van der Waals surface area contributed by atoms with E-state index in [0.717, 1.165) is 5.56 Å². The van der Waals surface area contributed by atoms with Gasteiger partial charge in [-0.05, 0) is 47.7 Å². The molecule has 0 aromatic heterocycles. The summed E-state index contributed by atoms with van der Waals surface area (Å²) in [6.45, 7) is 2.67. The van der Waals surface area contributed by atoms with Gasteiger partial charge in [0.05, 0.1) is 45.6 Å². The highest BCUT2D eigenvalue weighted by molar-refractivity contribution is 5.93. The average Bonchev–Trinajstić information content (AvgIpc) is 3.09. The number of carbonyl (C=O) groups is 2. The Balaban J connectivity index is 2.13. The lowest BCUT2D eigenvalue weighted by Gasteiger charge is -2.24. The lowest BCUT2D eigenvalue weighted by molar-refractivity contribution is -0.119. The second-order valence-corrected chi connectivity index (χ2v) is 8.69. The van der Waals surface area contributed by atoms with Crippen LogP contribution in [0.15, 0.2) is 23.0 Å². The molecule has 1 saturated heterocycles. The van der Waals surface area contributed by atoms with E-state index in [1.54, 1.807) is 0 Å². The van der Waals surface area contributed by atoms with Crippen LogP contribution in [0.5, 0.6) is 17.2 Å². The number of hydrogen-bond acceptors (Lipinski definition) is 8. The number of hydrogen-bond donors (Lipinski definition) is 3. The molecule has 1 aliphatic carbocycles. The van der Waals surface area contributed by atoms with Crippen molar-refractivity contribution in [3.63, 3.8) is 0 Å². The van der Waals surface area contributed by atoms with Gasteiger partial charge in [-0.25, -0.2) is 4.79 Å². The van der Waals surface area contributed by atoms with Crippen LogP contribution in [0, 0.1) is 0 Å². The van der Waals surface area contributed by atoms with E-state index >= 15 is 0 Å². The maximum absolute atomic E-state index is 13.6. The second-order valence-electron chi connectivity index (χ2n) is 8.69. The molecule has 0 saturated carbocycles. The van der Waals surface area contributed by atoms with Crippen LogP contribution < -0.4 is 30.3 Å². The van der Waals surface area contributed by atoms with Crippen molar-refractivity contribution in [3.05, 3.63) is 50.7 Å². The van der Waals surface area contributed by atoms with E-state index < -0.39 is 23.5 Å². The molecule has 1 fully saturated rings. The molecule has 10 heteroatoms. The lowest BCUT2D eigenvalue weighted by atomic mass is 9.94. The molecule has 0 spiro atoms. The van der Waals surface area contributed by atoms with E-state index in [0.29, 0.717) is 66.5 Å². The van der Waals surface area contributed by atoms with Gasteiger partial charge in [-0.15, -0.1) is 0 Å². The highest BCUT2D eigenvalue weighted by atomic mass is 16.5. The maximum Gasteiger partial charge on any atom is 0.336 e. The van der Waals surface area contributed by atoms with Gasteiger partial charge in [-0.2, -0.15) is 0 Å². The number of carboxylic acids is 1. The van der Waals surface area contributed by atoms with Gasteiger partial charge in [0.1, 0.15) is 0 Å². The Bertz CT molecular complexity index is 1250. The summed E-state index contributed by atoms with van der Waals surface area (Å²) in [5.74, 6) is -0.372. The van der Waals surface area contributed by atoms with Crippen molar-refractivity contribution in [2.75, 3.05) is 41.0 Å². The molecule has 2 atom stereocenters. The molecule has 3 N–H and O–H groups in total. The van der Waals surface area contributed by atoms with Crippen LogP contribution in [0.2, 0.25) is 0 Å². The Hall–Kier alpha value is -3.63. The summed E-state index contributed by atoms with van der Waals surface area (Å²) >= 11 is 0. The minimum atomic E-state index is -1.25. The monoisotopic (exact) mass is 498 g/mol. The van der Waals surface area contributed by atoms with E-state index in [4.69, 9.17) is 18.9 Å². The molecule has 0 bridgehead atoms. The van der Waals surface area contributed by atoms with Crippen LogP contribution in [0.1, 0.15) is 52.5 Å². The number of benzene rings is 1. The molecule has 1 aliphatic heterocycles. The van der Waals surface area contributed by atoms with Gasteiger partial charge in [0.2, 0.25) is 11.7 Å². The predicted octanol–water partition coefficient (Wildman–Crippen LogP) is 2.22. The van der Waals surface area contributed by atoms with Crippen LogP contribution in [-0.2, 0) is 16.0 Å². The third-order valence-corrected chi connectivity index (χ3v) is 6.56. The summed E-state index contributed by atoms with van der Waals surface area (Å²) in [6, 6.07) is 4.18. The van der Waals surface area contributed by atoms with Gasteiger partial charge < -0.3 is 34.7 Å². The summed E-state index contributed by atoms with van der Waals surface area (Å²) in [4.78, 5) is 38.2. The van der Waals surface area contributed by atoms with Crippen molar-refractivity contribution in [1.29, 1.82) is 0 Å². The second kappa shape index (κ2) is 10.5. The number of ether oxygens (including phenoxy) is 4. The first-order chi connectivity index (χ1) is 17.3. The van der Waals surface area contributed by atoms with Gasteiger partial charge in [-0.3, -0.25) is 9.59 Å². The fraction of sp³-hybridized carbons (Fsp3) is 0.423. The van der Waals surface area contributed by atoms with Gasteiger partial charge in [-0.1, -0.05) is 0 Å². The summed E-state index contributed by atoms with van der Waals surface area (Å²) in [5.41, 5.74) is 1.78. The fourth-order valence-corrected chi connectivity index (χ4v) is 5.05. The Morgan fingerprint density at radius 3 is 2.44 bits per heavy atom. The number of amides is 1. The number of carbonyl (C=O) groups excluding carboxylic acids is 1. The SMILES string of the molecule is COc1cc2c(c(OC)c1OC)-c1cc(C(=O)O)c(C3CNCCO3)c(=O)cc1[C@@H](NC(C)=O)CC2. The zero-order chi connectivity index (χ0) is 26.0. The van der Waals surface area contributed by atoms with Crippen LogP contribution in [-0.4, -0.2) is 58.0 Å². The van der Waals surface area contributed by atoms with E-state index in [2.05, 4.69) is 10.6 Å². The molecule has 1 heterocycles.